The van der Waals surface area contributed by atoms with Crippen LogP contribution >= 0.6 is 0 Å². The maximum absolute atomic E-state index is 12.2. The minimum absolute atomic E-state index is 0.0607. The van der Waals surface area contributed by atoms with Crippen molar-refractivity contribution in [1.29, 1.82) is 0 Å². The summed E-state index contributed by atoms with van der Waals surface area (Å²) < 4.78 is 5.60. The quantitative estimate of drug-likeness (QED) is 0.791. The van der Waals surface area contributed by atoms with Gasteiger partial charge in [-0.1, -0.05) is 18.2 Å². The van der Waals surface area contributed by atoms with Crippen LogP contribution in [0.3, 0.4) is 0 Å². The van der Waals surface area contributed by atoms with E-state index < -0.39 is 0 Å². The van der Waals surface area contributed by atoms with E-state index in [4.69, 9.17) is 4.74 Å². The Morgan fingerprint density at radius 1 is 1.10 bits per heavy atom. The van der Waals surface area contributed by atoms with E-state index in [2.05, 4.69) is 0 Å². The number of carbonyl (C=O) groups is 2. The van der Waals surface area contributed by atoms with Crippen molar-refractivity contribution < 1.29 is 14.3 Å². The highest BCUT2D eigenvalue weighted by Crippen LogP contribution is 2.22. The van der Waals surface area contributed by atoms with Gasteiger partial charge < -0.3 is 9.64 Å². The van der Waals surface area contributed by atoms with E-state index >= 15 is 0 Å². The van der Waals surface area contributed by atoms with Crippen molar-refractivity contribution in [3.63, 3.8) is 0 Å². The molecule has 3 rings (SSSR count). The fourth-order valence-electron chi connectivity index (χ4n) is 2.41. The highest BCUT2D eigenvalue weighted by atomic mass is 16.5. The van der Waals surface area contributed by atoms with E-state index in [9.17, 15) is 9.59 Å². The Kier molecular flexibility index (Phi) is 3.69. The number of hydrogen-bond donors (Lipinski definition) is 0. The predicted molar refractivity (Wildman–Crippen MR) is 78.5 cm³/mol. The van der Waals surface area contributed by atoms with E-state index in [0.717, 1.165) is 17.4 Å². The first kappa shape index (κ1) is 13.4. The summed E-state index contributed by atoms with van der Waals surface area (Å²) in [4.78, 5) is 24.5. The van der Waals surface area contributed by atoms with Gasteiger partial charge in [0, 0.05) is 17.7 Å². The zero-order valence-electron chi connectivity index (χ0n) is 11.5. The normalized spacial score (nSPS) is 13.1. The summed E-state index contributed by atoms with van der Waals surface area (Å²) in [6.07, 6.45) is 0.796. The molecule has 1 amide bonds. The molecule has 1 aliphatic heterocycles. The summed E-state index contributed by atoms with van der Waals surface area (Å²) >= 11 is 0. The van der Waals surface area contributed by atoms with Gasteiger partial charge in [0.05, 0.1) is 6.54 Å². The van der Waals surface area contributed by atoms with Crippen LogP contribution < -0.4 is 4.74 Å². The number of carbonyl (C=O) groups excluding carboxylic acids is 2. The largest absolute Gasteiger partial charge is 0.492 e. The fourth-order valence-corrected chi connectivity index (χ4v) is 2.41. The zero-order chi connectivity index (χ0) is 14.7. The second-order valence-corrected chi connectivity index (χ2v) is 4.92. The van der Waals surface area contributed by atoms with Crippen molar-refractivity contribution in [1.82, 2.24) is 4.90 Å². The number of nitrogens with zero attached hydrogens (tertiary/aromatic N) is 1. The third kappa shape index (κ3) is 2.79. The summed E-state index contributed by atoms with van der Waals surface area (Å²) in [7, 11) is 0. The zero-order valence-corrected chi connectivity index (χ0v) is 11.5. The molecule has 0 saturated carbocycles. The molecule has 4 nitrogen and oxygen atoms in total. The Hall–Kier alpha value is -2.62. The molecule has 4 heteroatoms. The molecule has 21 heavy (non-hydrogen) atoms. The van der Waals surface area contributed by atoms with E-state index in [1.54, 1.807) is 29.2 Å². The Labute approximate surface area is 123 Å². The molecule has 1 aliphatic rings. The summed E-state index contributed by atoms with van der Waals surface area (Å²) in [6, 6.07) is 14.6. The number of ether oxygens (including phenoxy) is 1. The van der Waals surface area contributed by atoms with Crippen LogP contribution in [0.4, 0.5) is 0 Å². The molecule has 0 atom stereocenters. The van der Waals surface area contributed by atoms with Gasteiger partial charge in [0.2, 0.25) is 0 Å². The van der Waals surface area contributed by atoms with E-state index in [-0.39, 0.29) is 5.91 Å². The maximum Gasteiger partial charge on any atom is 0.254 e. The van der Waals surface area contributed by atoms with Crippen LogP contribution in [-0.4, -0.2) is 30.2 Å². The number of amides is 1. The summed E-state index contributed by atoms with van der Waals surface area (Å²) in [6.45, 7) is 1.62. The topological polar surface area (TPSA) is 46.6 Å². The Bertz CT molecular complexity index is 664. The average molecular weight is 281 g/mol. The summed E-state index contributed by atoms with van der Waals surface area (Å²) in [5, 5.41) is 0. The van der Waals surface area contributed by atoms with Crippen LogP contribution in [0.2, 0.25) is 0 Å². The van der Waals surface area contributed by atoms with Gasteiger partial charge in [0.15, 0.2) is 0 Å². The Balaban J connectivity index is 1.55. The van der Waals surface area contributed by atoms with Crippen molar-refractivity contribution in [2.45, 2.75) is 6.54 Å². The fraction of sp³-hybridized carbons (Fsp3) is 0.176. The molecule has 0 unspecified atom stereocenters. The van der Waals surface area contributed by atoms with Gasteiger partial charge in [-0.15, -0.1) is 0 Å². The predicted octanol–water partition coefficient (Wildman–Crippen LogP) is 2.53. The van der Waals surface area contributed by atoms with Crippen LogP contribution in [0.5, 0.6) is 5.75 Å². The highest BCUT2D eigenvalue weighted by molar-refractivity contribution is 5.98. The molecule has 0 bridgehead atoms. The summed E-state index contributed by atoms with van der Waals surface area (Å²) in [5.74, 6) is 0.760. The molecule has 0 N–H and O–H groups in total. The number of aldehydes is 1. The lowest BCUT2D eigenvalue weighted by atomic mass is 10.1. The second-order valence-electron chi connectivity index (χ2n) is 4.92. The number of fused-ring (bicyclic) bond motifs is 1. The maximum atomic E-state index is 12.2. The summed E-state index contributed by atoms with van der Waals surface area (Å²) in [5.41, 5.74) is 2.47. The Morgan fingerprint density at radius 2 is 1.86 bits per heavy atom. The molecule has 0 spiro atoms. The molecular weight excluding hydrogens is 266 g/mol. The molecule has 0 saturated heterocycles. The van der Waals surface area contributed by atoms with Crippen molar-refractivity contribution >= 4 is 12.2 Å². The molecule has 0 aromatic heterocycles. The van der Waals surface area contributed by atoms with E-state index in [1.807, 2.05) is 24.3 Å². The molecule has 2 aromatic rings. The van der Waals surface area contributed by atoms with Crippen LogP contribution in [-0.2, 0) is 6.54 Å². The first-order chi connectivity index (χ1) is 10.3. The Morgan fingerprint density at radius 3 is 2.57 bits per heavy atom. The van der Waals surface area contributed by atoms with Gasteiger partial charge in [-0.05, 0) is 35.9 Å². The SMILES string of the molecule is O=Cc1ccc(OCCN2Cc3ccccc3C2=O)cc1. The van der Waals surface area contributed by atoms with Gasteiger partial charge in [0.25, 0.3) is 5.91 Å². The number of rotatable bonds is 5. The number of hydrogen-bond acceptors (Lipinski definition) is 3. The van der Waals surface area contributed by atoms with E-state index in [1.165, 1.54) is 0 Å². The first-order valence-corrected chi connectivity index (χ1v) is 6.83. The average Bonchev–Trinajstić information content (AvgIpc) is 2.85. The molecule has 106 valence electrons. The smallest absolute Gasteiger partial charge is 0.254 e. The molecule has 0 fully saturated rings. The van der Waals surface area contributed by atoms with Crippen molar-refractivity contribution in [2.75, 3.05) is 13.2 Å². The van der Waals surface area contributed by atoms with Crippen LogP contribution in [0.15, 0.2) is 48.5 Å². The van der Waals surface area contributed by atoms with Crippen molar-refractivity contribution in [3.05, 3.63) is 65.2 Å². The van der Waals surface area contributed by atoms with Crippen LogP contribution in [0.25, 0.3) is 0 Å². The molecular formula is C17H15NO3. The molecule has 2 aromatic carbocycles. The lowest BCUT2D eigenvalue weighted by Crippen LogP contribution is -2.28. The lowest BCUT2D eigenvalue weighted by Gasteiger charge is -2.16. The standard InChI is InChI=1S/C17H15NO3/c19-12-13-5-7-15(8-6-13)21-10-9-18-11-14-3-1-2-4-16(14)17(18)20/h1-8,12H,9-11H2. The van der Waals surface area contributed by atoms with Crippen LogP contribution in [0, 0.1) is 0 Å². The molecule has 0 aliphatic carbocycles. The van der Waals surface area contributed by atoms with Crippen molar-refractivity contribution in [3.8, 4) is 5.75 Å². The van der Waals surface area contributed by atoms with E-state index in [0.29, 0.717) is 31.0 Å². The van der Waals surface area contributed by atoms with Gasteiger partial charge in [0.1, 0.15) is 18.6 Å². The van der Waals surface area contributed by atoms with Gasteiger partial charge in [-0.3, -0.25) is 9.59 Å². The van der Waals surface area contributed by atoms with Gasteiger partial charge >= 0.3 is 0 Å². The monoisotopic (exact) mass is 281 g/mol. The molecule has 0 radical (unpaired) electrons. The third-order valence-corrected chi connectivity index (χ3v) is 3.54. The third-order valence-electron chi connectivity index (χ3n) is 3.54. The minimum Gasteiger partial charge on any atom is -0.492 e. The highest BCUT2D eigenvalue weighted by Gasteiger charge is 2.26. The number of benzene rings is 2. The lowest BCUT2D eigenvalue weighted by molar-refractivity contribution is 0.0753. The molecule has 1 heterocycles. The van der Waals surface area contributed by atoms with Gasteiger partial charge in [-0.25, -0.2) is 0 Å². The second kappa shape index (κ2) is 5.79. The van der Waals surface area contributed by atoms with Crippen LogP contribution in [0.1, 0.15) is 26.3 Å². The van der Waals surface area contributed by atoms with Crippen molar-refractivity contribution in [2.24, 2.45) is 0 Å². The minimum atomic E-state index is 0.0607. The van der Waals surface area contributed by atoms with Gasteiger partial charge in [-0.2, -0.15) is 0 Å². The first-order valence-electron chi connectivity index (χ1n) is 6.83.